The van der Waals surface area contributed by atoms with Gasteiger partial charge in [-0.2, -0.15) is 0 Å². The van der Waals surface area contributed by atoms with Gasteiger partial charge in [-0.1, -0.05) is 70.8 Å². The molecule has 0 spiro atoms. The number of halogens is 1. The van der Waals surface area contributed by atoms with Crippen LogP contribution in [0.15, 0.2) is 60.7 Å². The lowest BCUT2D eigenvalue weighted by atomic mass is 9.97. The van der Waals surface area contributed by atoms with Crippen molar-refractivity contribution in [3.05, 3.63) is 99.1 Å². The van der Waals surface area contributed by atoms with Gasteiger partial charge in [0, 0.05) is 22.3 Å². The van der Waals surface area contributed by atoms with Gasteiger partial charge in [-0.15, -0.1) is 0 Å². The molecule has 5 heteroatoms. The largest absolute Gasteiger partial charge is 0.459 e. The van der Waals surface area contributed by atoms with E-state index in [1.165, 1.54) is 0 Å². The minimum atomic E-state index is -2.42. The lowest BCUT2D eigenvalue weighted by Crippen LogP contribution is -2.17. The van der Waals surface area contributed by atoms with Gasteiger partial charge in [-0.25, -0.2) is 4.79 Å². The first-order valence-corrected chi connectivity index (χ1v) is 10.4. The first-order chi connectivity index (χ1) is 13.3. The summed E-state index contributed by atoms with van der Waals surface area (Å²) in [4.78, 5) is 25.9. The quantitative estimate of drug-likeness (QED) is 0.396. The van der Waals surface area contributed by atoms with Gasteiger partial charge in [-0.3, -0.25) is 4.79 Å². The molecule has 1 atom stereocenters. The highest BCUT2D eigenvalue weighted by molar-refractivity contribution is 7.71. The Kier molecular flexibility index (Phi) is 5.88. The van der Waals surface area contributed by atoms with Gasteiger partial charge in [0.15, 0.2) is 5.78 Å². The Morgan fingerprint density at radius 2 is 1.50 bits per heavy atom. The summed E-state index contributed by atoms with van der Waals surface area (Å²) in [7, 11) is -2.42. The van der Waals surface area contributed by atoms with Crippen molar-refractivity contribution in [1.82, 2.24) is 0 Å². The van der Waals surface area contributed by atoms with Crippen LogP contribution < -0.4 is 5.30 Å². The zero-order valence-electron chi connectivity index (χ0n) is 15.8. The molecule has 140 valence electrons. The van der Waals surface area contributed by atoms with Crippen molar-refractivity contribution in [1.29, 1.82) is 0 Å². The van der Waals surface area contributed by atoms with Gasteiger partial charge in [-0.05, 0) is 32.4 Å². The summed E-state index contributed by atoms with van der Waals surface area (Å²) in [6.07, 6.45) is 0. The average molecular weight is 410 g/mol. The molecule has 0 heterocycles. The number of hydrogen-bond acceptors (Lipinski definition) is 3. The van der Waals surface area contributed by atoms with E-state index in [9.17, 15) is 14.2 Å². The summed E-state index contributed by atoms with van der Waals surface area (Å²) in [6, 6.07) is 17.5. The van der Waals surface area contributed by atoms with E-state index in [0.29, 0.717) is 33.1 Å². The molecule has 0 bridgehead atoms. The third-order valence-corrected chi connectivity index (χ3v) is 6.74. The van der Waals surface area contributed by atoms with Crippen molar-refractivity contribution in [2.45, 2.75) is 20.8 Å². The fraction of sp³-hybridized carbons (Fsp3) is 0.130. The van der Waals surface area contributed by atoms with Crippen molar-refractivity contribution < 1.29 is 14.2 Å². The van der Waals surface area contributed by atoms with E-state index in [-0.39, 0.29) is 16.4 Å². The molecule has 1 unspecified atom stereocenters. The van der Waals surface area contributed by atoms with Gasteiger partial charge in [0.05, 0.1) is 10.6 Å². The van der Waals surface area contributed by atoms with E-state index in [4.69, 9.17) is 11.6 Å². The maximum Gasteiger partial charge on any atom is 0.459 e. The highest BCUT2D eigenvalue weighted by atomic mass is 35.5. The Balaban J connectivity index is 2.08. The normalized spacial score (nSPS) is 11.2. The zero-order chi connectivity index (χ0) is 20.4. The van der Waals surface area contributed by atoms with Crippen molar-refractivity contribution in [2.75, 3.05) is 0 Å². The van der Waals surface area contributed by atoms with Crippen LogP contribution in [0.3, 0.4) is 0 Å². The van der Waals surface area contributed by atoms with E-state index in [1.54, 1.807) is 75.4 Å². The molecule has 28 heavy (non-hydrogen) atoms. The predicted molar refractivity (Wildman–Crippen MR) is 114 cm³/mol. The van der Waals surface area contributed by atoms with Crippen LogP contribution in [0.25, 0.3) is 0 Å². The molecule has 0 aliphatic rings. The Bertz CT molecular complexity index is 1080. The molecular formula is C23H19ClO3P+. The maximum atomic E-state index is 13.2. The summed E-state index contributed by atoms with van der Waals surface area (Å²) in [5, 5.41) is 0.682. The van der Waals surface area contributed by atoms with Gasteiger partial charge in [0.1, 0.15) is 0 Å². The monoisotopic (exact) mass is 409 g/mol. The lowest BCUT2D eigenvalue weighted by molar-refractivity contribution is 0.103. The number of ketones is 1. The van der Waals surface area contributed by atoms with Crippen LogP contribution in [0.2, 0.25) is 5.02 Å². The molecule has 0 aliphatic carbocycles. The summed E-state index contributed by atoms with van der Waals surface area (Å²) in [6.45, 7) is 5.29. The van der Waals surface area contributed by atoms with Crippen LogP contribution >= 0.6 is 19.4 Å². The van der Waals surface area contributed by atoms with Crippen LogP contribution in [0.4, 0.5) is 0 Å². The third-order valence-electron chi connectivity index (χ3n) is 4.74. The molecular weight excluding hydrogens is 391 g/mol. The Labute approximate surface area is 170 Å². The minimum Gasteiger partial charge on any atom is -0.289 e. The van der Waals surface area contributed by atoms with Crippen molar-refractivity contribution >= 4 is 36.0 Å². The smallest absolute Gasteiger partial charge is 0.289 e. The topological polar surface area (TPSA) is 51.2 Å². The molecule has 0 aromatic heterocycles. The SMILES string of the molecule is Cc1cccc(Cl)c1C(=O)[P+](=O)c1c(C)ccc(C(=O)c2ccccc2)c1C. The number of aryl methyl sites for hydroxylation is 2. The van der Waals surface area contributed by atoms with E-state index >= 15 is 0 Å². The molecule has 3 rings (SSSR count). The van der Waals surface area contributed by atoms with Crippen LogP contribution in [-0.2, 0) is 4.57 Å². The molecule has 0 amide bonds. The first kappa shape index (κ1) is 20.1. The number of benzene rings is 3. The third kappa shape index (κ3) is 3.69. The standard InChI is InChI=1S/C23H19ClO3P/c1-14-8-7-11-19(24)20(14)23(26)28(27)22-15(2)12-13-18(16(22)3)21(25)17-9-5-4-6-10-17/h4-13H,1-3H3/q+1. The van der Waals surface area contributed by atoms with Crippen LogP contribution in [-0.4, -0.2) is 11.3 Å². The Hall–Kier alpha value is -2.61. The molecule has 0 saturated carbocycles. The zero-order valence-corrected chi connectivity index (χ0v) is 17.5. The maximum absolute atomic E-state index is 13.2. The number of carbonyl (C=O) groups is 2. The molecule has 0 radical (unpaired) electrons. The van der Waals surface area contributed by atoms with Crippen LogP contribution in [0.5, 0.6) is 0 Å². The fourth-order valence-corrected chi connectivity index (χ4v) is 5.14. The highest BCUT2D eigenvalue weighted by Gasteiger charge is 2.39. The molecule has 0 saturated heterocycles. The fourth-order valence-electron chi connectivity index (χ4n) is 3.24. The van der Waals surface area contributed by atoms with Gasteiger partial charge >= 0.3 is 13.3 Å². The number of hydrogen-bond donors (Lipinski definition) is 0. The van der Waals surface area contributed by atoms with Crippen molar-refractivity contribution in [3.63, 3.8) is 0 Å². The van der Waals surface area contributed by atoms with E-state index < -0.39 is 13.3 Å². The van der Waals surface area contributed by atoms with E-state index in [0.717, 1.165) is 0 Å². The van der Waals surface area contributed by atoms with Gasteiger partial charge in [0.2, 0.25) is 5.30 Å². The minimum absolute atomic E-state index is 0.163. The second kappa shape index (κ2) is 8.18. The van der Waals surface area contributed by atoms with Crippen LogP contribution in [0, 0.1) is 20.8 Å². The molecule has 3 nitrogen and oxygen atoms in total. The summed E-state index contributed by atoms with van der Waals surface area (Å²) in [5.74, 6) is -0.163. The number of carbonyl (C=O) groups excluding carboxylic acids is 2. The predicted octanol–water partition coefficient (Wildman–Crippen LogP) is 5.79. The summed E-state index contributed by atoms with van der Waals surface area (Å²) in [5.41, 5.74) is 2.68. The summed E-state index contributed by atoms with van der Waals surface area (Å²) < 4.78 is 13.2. The Morgan fingerprint density at radius 1 is 0.821 bits per heavy atom. The van der Waals surface area contributed by atoms with Crippen molar-refractivity contribution in [2.24, 2.45) is 0 Å². The second-order valence-corrected chi connectivity index (χ2v) is 8.48. The average Bonchev–Trinajstić information content (AvgIpc) is 2.68. The van der Waals surface area contributed by atoms with E-state index in [2.05, 4.69) is 0 Å². The van der Waals surface area contributed by atoms with Gasteiger partial charge in [0.25, 0.3) is 0 Å². The molecule has 0 fully saturated rings. The molecule has 0 N–H and O–H groups in total. The summed E-state index contributed by atoms with van der Waals surface area (Å²) >= 11 is 6.19. The van der Waals surface area contributed by atoms with Crippen molar-refractivity contribution in [3.8, 4) is 0 Å². The Morgan fingerprint density at radius 3 is 2.14 bits per heavy atom. The highest BCUT2D eigenvalue weighted by Crippen LogP contribution is 2.34. The van der Waals surface area contributed by atoms with Gasteiger partial charge < -0.3 is 0 Å². The lowest BCUT2D eigenvalue weighted by Gasteiger charge is -2.08. The number of rotatable bonds is 5. The van der Waals surface area contributed by atoms with Crippen LogP contribution in [0.1, 0.15) is 43.0 Å². The van der Waals surface area contributed by atoms with E-state index in [1.807, 2.05) is 6.07 Å². The molecule has 3 aromatic carbocycles. The first-order valence-electron chi connectivity index (χ1n) is 8.79. The molecule has 0 aliphatic heterocycles. The second-order valence-electron chi connectivity index (χ2n) is 6.63. The molecule has 3 aromatic rings.